The van der Waals surface area contributed by atoms with Gasteiger partial charge in [0.25, 0.3) is 5.91 Å². The summed E-state index contributed by atoms with van der Waals surface area (Å²) in [5, 5.41) is 5.64. The summed E-state index contributed by atoms with van der Waals surface area (Å²) in [6.45, 7) is 5.66. The summed E-state index contributed by atoms with van der Waals surface area (Å²) in [5.74, 6) is 0.802. The van der Waals surface area contributed by atoms with Crippen LogP contribution in [0.1, 0.15) is 35.3 Å². The van der Waals surface area contributed by atoms with E-state index in [1.165, 1.54) is 6.08 Å². The zero-order chi connectivity index (χ0) is 20.7. The van der Waals surface area contributed by atoms with Gasteiger partial charge in [-0.25, -0.2) is 0 Å². The number of aryl methyl sites for hydroxylation is 1. The molecule has 2 aromatic rings. The van der Waals surface area contributed by atoms with E-state index in [0.29, 0.717) is 22.7 Å². The zero-order valence-electron chi connectivity index (χ0n) is 16.8. The maximum absolute atomic E-state index is 12.3. The van der Waals surface area contributed by atoms with Crippen molar-refractivity contribution in [2.75, 3.05) is 19.5 Å². The lowest BCUT2D eigenvalue weighted by Gasteiger charge is -2.12. The van der Waals surface area contributed by atoms with Crippen molar-refractivity contribution in [3.8, 4) is 11.5 Å². The van der Waals surface area contributed by atoms with Gasteiger partial charge >= 0.3 is 0 Å². The molecule has 0 bridgehead atoms. The van der Waals surface area contributed by atoms with Crippen LogP contribution in [0.15, 0.2) is 42.5 Å². The topological polar surface area (TPSA) is 76.7 Å². The number of carbonyl (C=O) groups is 2. The standard InChI is InChI=1S/C22H26N2O4/c1-14(2)23-22(26)19-12-17(9-6-15(19)3)24-21(25)11-8-16-7-10-18(27-4)13-20(16)28-5/h6-14H,1-5H3,(H,23,26)(H,24,25)/b11-8+. The summed E-state index contributed by atoms with van der Waals surface area (Å²) in [5.41, 5.74) is 2.68. The number of hydrogen-bond acceptors (Lipinski definition) is 4. The molecule has 0 saturated carbocycles. The average molecular weight is 382 g/mol. The molecule has 0 radical (unpaired) electrons. The minimum atomic E-state index is -0.308. The Bertz CT molecular complexity index is 888. The molecule has 0 spiro atoms. The first-order valence-corrected chi connectivity index (χ1v) is 8.96. The van der Waals surface area contributed by atoms with Crippen LogP contribution in [-0.2, 0) is 4.79 Å². The van der Waals surface area contributed by atoms with E-state index >= 15 is 0 Å². The molecule has 6 heteroatoms. The Morgan fingerprint density at radius 2 is 1.79 bits per heavy atom. The van der Waals surface area contributed by atoms with Crippen LogP contribution < -0.4 is 20.1 Å². The Balaban J connectivity index is 2.13. The van der Waals surface area contributed by atoms with E-state index in [1.807, 2.05) is 26.8 Å². The molecule has 0 saturated heterocycles. The number of carbonyl (C=O) groups excluding carboxylic acids is 2. The van der Waals surface area contributed by atoms with Gasteiger partial charge in [0.05, 0.1) is 14.2 Å². The van der Waals surface area contributed by atoms with Crippen LogP contribution in [0.25, 0.3) is 6.08 Å². The summed E-state index contributed by atoms with van der Waals surface area (Å²) in [7, 11) is 3.14. The van der Waals surface area contributed by atoms with Crippen molar-refractivity contribution >= 4 is 23.6 Å². The van der Waals surface area contributed by atoms with Crippen LogP contribution >= 0.6 is 0 Å². The Hall–Kier alpha value is -3.28. The normalized spacial score (nSPS) is 10.8. The SMILES string of the molecule is COc1ccc(/C=C/C(=O)Nc2ccc(C)c(C(=O)NC(C)C)c2)c(OC)c1. The third-order valence-electron chi connectivity index (χ3n) is 4.02. The van der Waals surface area contributed by atoms with Crippen LogP contribution in [0.3, 0.4) is 0 Å². The molecule has 0 unspecified atom stereocenters. The van der Waals surface area contributed by atoms with E-state index in [4.69, 9.17) is 9.47 Å². The van der Waals surface area contributed by atoms with Gasteiger partial charge in [-0.15, -0.1) is 0 Å². The second-order valence-electron chi connectivity index (χ2n) is 6.59. The van der Waals surface area contributed by atoms with Gasteiger partial charge in [-0.05, 0) is 56.7 Å². The van der Waals surface area contributed by atoms with Crippen molar-refractivity contribution in [1.82, 2.24) is 5.32 Å². The van der Waals surface area contributed by atoms with Crippen molar-refractivity contribution in [1.29, 1.82) is 0 Å². The zero-order valence-corrected chi connectivity index (χ0v) is 16.8. The number of benzene rings is 2. The van der Waals surface area contributed by atoms with Crippen molar-refractivity contribution in [3.63, 3.8) is 0 Å². The van der Waals surface area contributed by atoms with Gasteiger partial charge in [0.15, 0.2) is 0 Å². The number of hydrogen-bond donors (Lipinski definition) is 2. The van der Waals surface area contributed by atoms with Gasteiger partial charge in [-0.1, -0.05) is 6.07 Å². The van der Waals surface area contributed by atoms with E-state index in [-0.39, 0.29) is 17.9 Å². The van der Waals surface area contributed by atoms with Crippen molar-refractivity contribution < 1.29 is 19.1 Å². The lowest BCUT2D eigenvalue weighted by Crippen LogP contribution is -2.30. The molecule has 0 aliphatic heterocycles. The molecule has 148 valence electrons. The number of rotatable bonds is 7. The molecule has 6 nitrogen and oxygen atoms in total. The monoisotopic (exact) mass is 382 g/mol. The predicted molar refractivity (Wildman–Crippen MR) is 111 cm³/mol. The number of ether oxygens (including phenoxy) is 2. The summed E-state index contributed by atoms with van der Waals surface area (Å²) >= 11 is 0. The van der Waals surface area contributed by atoms with E-state index < -0.39 is 0 Å². The highest BCUT2D eigenvalue weighted by Gasteiger charge is 2.11. The van der Waals surface area contributed by atoms with Crippen LogP contribution in [-0.4, -0.2) is 32.1 Å². The van der Waals surface area contributed by atoms with Crippen LogP contribution in [0.4, 0.5) is 5.69 Å². The highest BCUT2D eigenvalue weighted by atomic mass is 16.5. The fourth-order valence-corrected chi connectivity index (χ4v) is 2.59. The fraction of sp³-hybridized carbons (Fsp3) is 0.273. The second-order valence-corrected chi connectivity index (χ2v) is 6.59. The Kier molecular flexibility index (Phi) is 7.21. The maximum atomic E-state index is 12.3. The van der Waals surface area contributed by atoms with Gasteiger partial charge in [0.1, 0.15) is 11.5 Å². The number of amides is 2. The smallest absolute Gasteiger partial charge is 0.251 e. The molecule has 0 aliphatic carbocycles. The van der Waals surface area contributed by atoms with Gasteiger partial charge in [-0.2, -0.15) is 0 Å². The molecular weight excluding hydrogens is 356 g/mol. The molecule has 0 aromatic heterocycles. The Labute approximate surface area is 165 Å². The number of nitrogens with one attached hydrogen (secondary N) is 2. The molecule has 2 aromatic carbocycles. The quantitative estimate of drug-likeness (QED) is 0.714. The minimum absolute atomic E-state index is 0.0348. The van der Waals surface area contributed by atoms with E-state index in [1.54, 1.807) is 50.6 Å². The molecule has 28 heavy (non-hydrogen) atoms. The summed E-state index contributed by atoms with van der Waals surface area (Å²) in [6.07, 6.45) is 3.08. The third kappa shape index (κ3) is 5.61. The van der Waals surface area contributed by atoms with Gasteiger partial charge in [0.2, 0.25) is 5.91 Å². The third-order valence-corrected chi connectivity index (χ3v) is 4.02. The van der Waals surface area contributed by atoms with Crippen molar-refractivity contribution in [3.05, 3.63) is 59.2 Å². The van der Waals surface area contributed by atoms with Crippen LogP contribution in [0.2, 0.25) is 0 Å². The first-order valence-electron chi connectivity index (χ1n) is 8.96. The lowest BCUT2D eigenvalue weighted by molar-refractivity contribution is -0.111. The Morgan fingerprint density at radius 3 is 2.43 bits per heavy atom. The first kappa shape index (κ1) is 21.0. The van der Waals surface area contributed by atoms with Gasteiger partial charge in [-0.3, -0.25) is 9.59 Å². The fourth-order valence-electron chi connectivity index (χ4n) is 2.59. The second kappa shape index (κ2) is 9.60. The van der Waals surface area contributed by atoms with E-state index in [2.05, 4.69) is 10.6 Å². The summed E-state index contributed by atoms with van der Waals surface area (Å²) in [6, 6.07) is 10.6. The molecule has 0 aliphatic rings. The first-order chi connectivity index (χ1) is 13.3. The molecule has 2 rings (SSSR count). The molecule has 0 heterocycles. The molecule has 2 N–H and O–H groups in total. The van der Waals surface area contributed by atoms with Crippen LogP contribution in [0.5, 0.6) is 11.5 Å². The number of methoxy groups -OCH3 is 2. The highest BCUT2D eigenvalue weighted by Crippen LogP contribution is 2.25. The summed E-state index contributed by atoms with van der Waals surface area (Å²) < 4.78 is 10.5. The average Bonchev–Trinajstić information content (AvgIpc) is 2.67. The van der Waals surface area contributed by atoms with Gasteiger partial charge in [0, 0.05) is 35.0 Å². The number of anilines is 1. The molecule has 0 atom stereocenters. The van der Waals surface area contributed by atoms with Crippen molar-refractivity contribution in [2.45, 2.75) is 26.8 Å². The lowest BCUT2D eigenvalue weighted by atomic mass is 10.1. The van der Waals surface area contributed by atoms with E-state index in [9.17, 15) is 9.59 Å². The molecule has 0 fully saturated rings. The van der Waals surface area contributed by atoms with Crippen LogP contribution in [0, 0.1) is 6.92 Å². The predicted octanol–water partition coefficient (Wildman–Crippen LogP) is 3.80. The maximum Gasteiger partial charge on any atom is 0.251 e. The van der Waals surface area contributed by atoms with E-state index in [0.717, 1.165) is 11.1 Å². The largest absolute Gasteiger partial charge is 0.497 e. The van der Waals surface area contributed by atoms with Crippen molar-refractivity contribution in [2.24, 2.45) is 0 Å². The minimum Gasteiger partial charge on any atom is -0.497 e. The van der Waals surface area contributed by atoms with Gasteiger partial charge < -0.3 is 20.1 Å². The highest BCUT2D eigenvalue weighted by molar-refractivity contribution is 6.03. The molecular formula is C22H26N2O4. The Morgan fingerprint density at radius 1 is 1.04 bits per heavy atom. The molecule has 2 amide bonds. The summed E-state index contributed by atoms with van der Waals surface area (Å²) in [4.78, 5) is 24.6.